The largest absolute Gasteiger partial charge is 0.416 e. The Balaban J connectivity index is 1.67. The van der Waals surface area contributed by atoms with Crippen LogP contribution in [0.2, 0.25) is 0 Å². The van der Waals surface area contributed by atoms with Crippen LogP contribution in [0.4, 0.5) is 18.9 Å². The average molecular weight is 392 g/mol. The van der Waals surface area contributed by atoms with E-state index in [0.29, 0.717) is 5.56 Å². The molecule has 0 aliphatic rings. The van der Waals surface area contributed by atoms with Crippen molar-refractivity contribution >= 4 is 23.3 Å². The lowest BCUT2D eigenvalue weighted by Crippen LogP contribution is -2.27. The highest BCUT2D eigenvalue weighted by atomic mass is 19.4. The minimum atomic E-state index is -4.44. The van der Waals surface area contributed by atoms with Crippen LogP contribution in [0.3, 0.4) is 0 Å². The van der Waals surface area contributed by atoms with Gasteiger partial charge in [0.15, 0.2) is 5.78 Å². The Morgan fingerprint density at radius 1 is 0.786 bits per heavy atom. The Bertz CT molecular complexity index is 819. The van der Waals surface area contributed by atoms with Crippen molar-refractivity contribution in [2.75, 3.05) is 11.9 Å². The summed E-state index contributed by atoms with van der Waals surface area (Å²) in [7, 11) is 0. The summed E-state index contributed by atoms with van der Waals surface area (Å²) in [6.07, 6.45) is -4.41. The second-order valence-electron chi connectivity index (χ2n) is 6.01. The zero-order valence-electron chi connectivity index (χ0n) is 14.9. The first-order valence-corrected chi connectivity index (χ1v) is 8.58. The van der Waals surface area contributed by atoms with E-state index in [4.69, 9.17) is 0 Å². The SMILES string of the molecule is O=C(CCC(=O)c1ccccc1)NCCC(=O)Nc1ccc(C(F)(F)F)cc1. The topological polar surface area (TPSA) is 75.3 Å². The van der Waals surface area contributed by atoms with Gasteiger partial charge in [0.1, 0.15) is 0 Å². The van der Waals surface area contributed by atoms with Crippen LogP contribution in [-0.2, 0) is 15.8 Å². The molecule has 0 unspecified atom stereocenters. The van der Waals surface area contributed by atoms with E-state index in [1.807, 2.05) is 0 Å². The van der Waals surface area contributed by atoms with Crippen molar-refractivity contribution in [2.24, 2.45) is 0 Å². The molecule has 0 heterocycles. The quantitative estimate of drug-likeness (QED) is 0.671. The van der Waals surface area contributed by atoms with Crippen molar-refractivity contribution in [2.45, 2.75) is 25.4 Å². The highest BCUT2D eigenvalue weighted by Crippen LogP contribution is 2.29. The van der Waals surface area contributed by atoms with Crippen LogP contribution in [0.1, 0.15) is 35.2 Å². The summed E-state index contributed by atoms with van der Waals surface area (Å²) >= 11 is 0. The zero-order valence-corrected chi connectivity index (χ0v) is 14.9. The summed E-state index contributed by atoms with van der Waals surface area (Å²) in [5, 5.41) is 4.99. The fourth-order valence-electron chi connectivity index (χ4n) is 2.37. The molecular weight excluding hydrogens is 373 g/mol. The van der Waals surface area contributed by atoms with E-state index in [1.165, 1.54) is 0 Å². The molecule has 2 amide bonds. The van der Waals surface area contributed by atoms with Crippen LogP contribution in [0.5, 0.6) is 0 Å². The molecule has 0 saturated carbocycles. The number of amides is 2. The molecule has 0 aromatic heterocycles. The molecule has 0 aliphatic heterocycles. The summed E-state index contributed by atoms with van der Waals surface area (Å²) in [6.45, 7) is 0.0603. The van der Waals surface area contributed by atoms with E-state index in [-0.39, 0.29) is 43.2 Å². The average Bonchev–Trinajstić information content (AvgIpc) is 2.66. The van der Waals surface area contributed by atoms with Gasteiger partial charge in [0.05, 0.1) is 5.56 Å². The fraction of sp³-hybridized carbons (Fsp3) is 0.250. The second kappa shape index (κ2) is 9.68. The van der Waals surface area contributed by atoms with Gasteiger partial charge in [-0.2, -0.15) is 13.2 Å². The fourth-order valence-corrected chi connectivity index (χ4v) is 2.37. The first-order valence-electron chi connectivity index (χ1n) is 8.58. The van der Waals surface area contributed by atoms with Crippen molar-refractivity contribution in [3.63, 3.8) is 0 Å². The summed E-state index contributed by atoms with van der Waals surface area (Å²) in [5.41, 5.74) is -0.0354. The molecule has 0 aliphatic carbocycles. The molecule has 8 heteroatoms. The number of carbonyl (C=O) groups excluding carboxylic acids is 3. The summed E-state index contributed by atoms with van der Waals surface area (Å²) < 4.78 is 37.5. The van der Waals surface area contributed by atoms with E-state index in [9.17, 15) is 27.6 Å². The van der Waals surface area contributed by atoms with Crippen LogP contribution < -0.4 is 10.6 Å². The van der Waals surface area contributed by atoms with E-state index >= 15 is 0 Å². The highest BCUT2D eigenvalue weighted by Gasteiger charge is 2.29. The third-order valence-electron chi connectivity index (χ3n) is 3.85. The molecule has 0 bridgehead atoms. The van der Waals surface area contributed by atoms with Gasteiger partial charge < -0.3 is 10.6 Å². The van der Waals surface area contributed by atoms with E-state index in [0.717, 1.165) is 24.3 Å². The van der Waals surface area contributed by atoms with Crippen LogP contribution in [0.15, 0.2) is 54.6 Å². The maximum atomic E-state index is 12.5. The Morgan fingerprint density at radius 3 is 2.04 bits per heavy atom. The van der Waals surface area contributed by atoms with Crippen LogP contribution in [0.25, 0.3) is 0 Å². The number of hydrogen-bond acceptors (Lipinski definition) is 3. The third-order valence-corrected chi connectivity index (χ3v) is 3.85. The van der Waals surface area contributed by atoms with Gasteiger partial charge in [-0.1, -0.05) is 30.3 Å². The number of rotatable bonds is 8. The molecule has 148 valence electrons. The lowest BCUT2D eigenvalue weighted by Gasteiger charge is -2.09. The molecule has 0 radical (unpaired) electrons. The number of benzene rings is 2. The minimum absolute atomic E-state index is 0.00819. The standard InChI is InChI=1S/C20H19F3N2O3/c21-20(22,23)15-6-8-16(9-7-15)25-19(28)12-13-24-18(27)11-10-17(26)14-4-2-1-3-5-14/h1-9H,10-13H2,(H,24,27)(H,25,28). The van der Waals surface area contributed by atoms with E-state index < -0.39 is 17.6 Å². The molecule has 0 fully saturated rings. The van der Waals surface area contributed by atoms with Gasteiger partial charge in [0.2, 0.25) is 11.8 Å². The molecule has 28 heavy (non-hydrogen) atoms. The number of anilines is 1. The molecule has 2 N–H and O–H groups in total. The predicted octanol–water partition coefficient (Wildman–Crippen LogP) is 3.81. The van der Waals surface area contributed by atoms with Crippen LogP contribution >= 0.6 is 0 Å². The van der Waals surface area contributed by atoms with E-state index in [1.54, 1.807) is 30.3 Å². The maximum absolute atomic E-state index is 12.5. The molecule has 0 atom stereocenters. The van der Waals surface area contributed by atoms with Crippen molar-refractivity contribution in [3.05, 3.63) is 65.7 Å². The molecular formula is C20H19F3N2O3. The number of hydrogen-bond donors (Lipinski definition) is 2. The lowest BCUT2D eigenvalue weighted by atomic mass is 10.1. The van der Waals surface area contributed by atoms with Crippen molar-refractivity contribution in [3.8, 4) is 0 Å². The van der Waals surface area contributed by atoms with Crippen molar-refractivity contribution in [1.29, 1.82) is 0 Å². The van der Waals surface area contributed by atoms with Gasteiger partial charge in [0, 0.05) is 37.1 Å². The zero-order chi connectivity index (χ0) is 20.6. The summed E-state index contributed by atoms with van der Waals surface area (Å²) in [4.78, 5) is 35.4. The first kappa shape index (κ1) is 21.1. The molecule has 0 saturated heterocycles. The monoisotopic (exact) mass is 392 g/mol. The van der Waals surface area contributed by atoms with Gasteiger partial charge in [0.25, 0.3) is 0 Å². The van der Waals surface area contributed by atoms with Gasteiger partial charge in [-0.15, -0.1) is 0 Å². The molecule has 2 aromatic carbocycles. The normalized spacial score (nSPS) is 11.0. The highest BCUT2D eigenvalue weighted by molar-refractivity contribution is 5.98. The number of halogens is 3. The summed E-state index contributed by atoms with van der Waals surface area (Å²) in [5.74, 6) is -0.942. The van der Waals surface area contributed by atoms with Crippen LogP contribution in [0, 0.1) is 0 Å². The Kier molecular flexibility index (Phi) is 7.31. The third kappa shape index (κ3) is 6.86. The lowest BCUT2D eigenvalue weighted by molar-refractivity contribution is -0.137. The molecule has 5 nitrogen and oxygen atoms in total. The minimum Gasteiger partial charge on any atom is -0.356 e. The van der Waals surface area contributed by atoms with Gasteiger partial charge in [-0.3, -0.25) is 14.4 Å². The number of carbonyl (C=O) groups is 3. The number of nitrogens with one attached hydrogen (secondary N) is 2. The Labute approximate surface area is 159 Å². The van der Waals surface area contributed by atoms with E-state index in [2.05, 4.69) is 10.6 Å². The van der Waals surface area contributed by atoms with Crippen molar-refractivity contribution < 1.29 is 27.6 Å². The number of ketones is 1. The second-order valence-corrected chi connectivity index (χ2v) is 6.01. The smallest absolute Gasteiger partial charge is 0.356 e. The molecule has 0 spiro atoms. The van der Waals surface area contributed by atoms with Crippen LogP contribution in [-0.4, -0.2) is 24.1 Å². The van der Waals surface area contributed by atoms with Gasteiger partial charge >= 0.3 is 6.18 Å². The summed E-state index contributed by atoms with van der Waals surface area (Å²) in [6, 6.07) is 12.7. The van der Waals surface area contributed by atoms with Crippen molar-refractivity contribution in [1.82, 2.24) is 5.32 Å². The molecule has 2 aromatic rings. The first-order chi connectivity index (χ1) is 13.3. The number of Topliss-reactive ketones (excluding diaryl/α,β-unsaturated/α-hetero) is 1. The molecule has 2 rings (SSSR count). The van der Waals surface area contributed by atoms with Gasteiger partial charge in [-0.05, 0) is 24.3 Å². The number of alkyl halides is 3. The Morgan fingerprint density at radius 2 is 1.43 bits per heavy atom. The predicted molar refractivity (Wildman–Crippen MR) is 97.7 cm³/mol. The maximum Gasteiger partial charge on any atom is 0.416 e. The van der Waals surface area contributed by atoms with Gasteiger partial charge in [-0.25, -0.2) is 0 Å². The Hall–Kier alpha value is -3.16.